The summed E-state index contributed by atoms with van der Waals surface area (Å²) in [4.78, 5) is 20.1. The first-order chi connectivity index (χ1) is 10.2. The van der Waals surface area contributed by atoms with Crippen LogP contribution in [0.25, 0.3) is 17.0 Å². The van der Waals surface area contributed by atoms with Crippen molar-refractivity contribution in [2.75, 3.05) is 11.9 Å². The molecule has 0 aromatic carbocycles. The summed E-state index contributed by atoms with van der Waals surface area (Å²) in [6.07, 6.45) is 3.60. The van der Waals surface area contributed by atoms with Crippen molar-refractivity contribution in [2.24, 2.45) is 0 Å². The number of H-pyrrole nitrogens is 1. The van der Waals surface area contributed by atoms with Gasteiger partial charge in [-0.15, -0.1) is 0 Å². The second-order valence-corrected chi connectivity index (χ2v) is 4.54. The fraction of sp³-hybridized carbons (Fsp3) is 0.231. The highest BCUT2D eigenvalue weighted by Crippen LogP contribution is 2.18. The van der Waals surface area contributed by atoms with Crippen LogP contribution in [0.1, 0.15) is 12.7 Å². The number of aromatic amines is 1. The highest BCUT2D eigenvalue weighted by molar-refractivity contribution is 5.88. The first-order valence-corrected chi connectivity index (χ1v) is 6.58. The second-order valence-electron chi connectivity index (χ2n) is 4.54. The van der Waals surface area contributed by atoms with Crippen molar-refractivity contribution in [3.05, 3.63) is 30.4 Å². The molecular formula is C13H15N7O. The molecule has 3 aromatic heterocycles. The lowest BCUT2D eigenvalue weighted by molar-refractivity contribution is 0.252. The van der Waals surface area contributed by atoms with E-state index in [4.69, 9.17) is 0 Å². The van der Waals surface area contributed by atoms with Gasteiger partial charge >= 0.3 is 6.03 Å². The van der Waals surface area contributed by atoms with Gasteiger partial charge in [0.25, 0.3) is 0 Å². The maximum atomic E-state index is 11.5. The van der Waals surface area contributed by atoms with E-state index in [2.05, 4.69) is 30.8 Å². The van der Waals surface area contributed by atoms with E-state index in [1.807, 2.05) is 36.6 Å². The smallest absolute Gasteiger partial charge is 0.320 e. The summed E-state index contributed by atoms with van der Waals surface area (Å²) in [5, 5.41) is 12.3. The van der Waals surface area contributed by atoms with E-state index in [-0.39, 0.29) is 6.03 Å². The van der Waals surface area contributed by atoms with Gasteiger partial charge in [-0.2, -0.15) is 5.10 Å². The van der Waals surface area contributed by atoms with Crippen LogP contribution in [0, 0.1) is 6.92 Å². The number of urea groups is 1. The molecule has 0 unspecified atom stereocenters. The fourth-order valence-corrected chi connectivity index (χ4v) is 1.97. The maximum absolute atomic E-state index is 11.5. The van der Waals surface area contributed by atoms with Crippen LogP contribution in [-0.4, -0.2) is 37.1 Å². The summed E-state index contributed by atoms with van der Waals surface area (Å²) in [7, 11) is 0. The first-order valence-electron chi connectivity index (χ1n) is 6.58. The third-order valence-electron chi connectivity index (χ3n) is 2.89. The number of carbonyl (C=O) groups is 1. The molecule has 0 aliphatic carbocycles. The lowest BCUT2D eigenvalue weighted by Crippen LogP contribution is -2.28. The van der Waals surface area contributed by atoms with Crippen LogP contribution in [0.2, 0.25) is 0 Å². The van der Waals surface area contributed by atoms with Crippen LogP contribution in [0.5, 0.6) is 0 Å². The lowest BCUT2D eigenvalue weighted by Gasteiger charge is -2.00. The minimum absolute atomic E-state index is 0.272. The average Bonchev–Trinajstić information content (AvgIpc) is 3.03. The molecule has 0 bridgehead atoms. The number of rotatable bonds is 3. The van der Waals surface area contributed by atoms with Crippen LogP contribution in [-0.2, 0) is 0 Å². The molecular weight excluding hydrogens is 270 g/mol. The Morgan fingerprint density at radius 2 is 2.29 bits per heavy atom. The summed E-state index contributed by atoms with van der Waals surface area (Å²) in [6, 6.07) is 3.49. The highest BCUT2D eigenvalue weighted by atomic mass is 16.2. The minimum atomic E-state index is -0.272. The average molecular weight is 285 g/mol. The Morgan fingerprint density at radius 3 is 3.00 bits per heavy atom. The van der Waals surface area contributed by atoms with E-state index in [0.717, 1.165) is 11.4 Å². The molecule has 0 saturated heterocycles. The highest BCUT2D eigenvalue weighted by Gasteiger charge is 2.08. The van der Waals surface area contributed by atoms with Crippen LogP contribution >= 0.6 is 0 Å². The minimum Gasteiger partial charge on any atom is -0.338 e. The molecule has 3 rings (SSSR count). The number of nitrogens with zero attached hydrogens (tertiary/aromatic N) is 4. The van der Waals surface area contributed by atoms with Crippen molar-refractivity contribution in [2.45, 2.75) is 13.8 Å². The Bertz CT molecular complexity index is 789. The molecule has 0 aliphatic rings. The summed E-state index contributed by atoms with van der Waals surface area (Å²) in [5.41, 5.74) is 1.57. The normalized spacial score (nSPS) is 10.8. The molecule has 3 aromatic rings. The number of aryl methyl sites for hydroxylation is 1. The van der Waals surface area contributed by atoms with Gasteiger partial charge in [-0.05, 0) is 26.0 Å². The van der Waals surface area contributed by atoms with Gasteiger partial charge in [-0.25, -0.2) is 14.8 Å². The van der Waals surface area contributed by atoms with Crippen LogP contribution < -0.4 is 10.6 Å². The fourth-order valence-electron chi connectivity index (χ4n) is 1.97. The van der Waals surface area contributed by atoms with Crippen LogP contribution in [0.15, 0.2) is 24.5 Å². The van der Waals surface area contributed by atoms with E-state index in [9.17, 15) is 4.79 Å². The van der Waals surface area contributed by atoms with Gasteiger partial charge in [0.05, 0.1) is 6.20 Å². The zero-order valence-electron chi connectivity index (χ0n) is 11.7. The van der Waals surface area contributed by atoms with Crippen molar-refractivity contribution >= 4 is 17.5 Å². The molecule has 0 aliphatic heterocycles. The molecule has 0 fully saturated rings. The summed E-state index contributed by atoms with van der Waals surface area (Å²) in [6.45, 7) is 4.26. The summed E-state index contributed by atoms with van der Waals surface area (Å²) < 4.78 is 1.82. The Labute approximate surface area is 120 Å². The first kappa shape index (κ1) is 13.1. The molecule has 0 radical (unpaired) electrons. The number of carbonyl (C=O) groups excluding carboxylic acids is 1. The van der Waals surface area contributed by atoms with E-state index >= 15 is 0 Å². The molecule has 108 valence electrons. The van der Waals surface area contributed by atoms with Crippen LogP contribution in [0.4, 0.5) is 10.6 Å². The van der Waals surface area contributed by atoms with Crippen LogP contribution in [0.3, 0.4) is 0 Å². The van der Waals surface area contributed by atoms with Crippen molar-refractivity contribution in [1.82, 2.24) is 29.9 Å². The Morgan fingerprint density at radius 1 is 1.43 bits per heavy atom. The standard InChI is InChI=1S/C13H15N7O/c1-3-14-13(21)17-10-7-20-5-4-9(6-11(20)16-10)12-15-8(2)18-19-12/h4-7H,3H2,1-2H3,(H2,14,17,21)(H,15,18,19). The molecule has 2 amide bonds. The van der Waals surface area contributed by atoms with Gasteiger partial charge < -0.3 is 9.72 Å². The molecule has 3 N–H and O–H groups in total. The molecule has 3 heterocycles. The van der Waals surface area contributed by atoms with Gasteiger partial charge in [0.15, 0.2) is 11.6 Å². The number of nitrogens with one attached hydrogen (secondary N) is 3. The number of anilines is 1. The largest absolute Gasteiger partial charge is 0.338 e. The van der Waals surface area contributed by atoms with Crippen molar-refractivity contribution < 1.29 is 4.79 Å². The Kier molecular flexibility index (Phi) is 3.27. The monoisotopic (exact) mass is 285 g/mol. The lowest BCUT2D eigenvalue weighted by atomic mass is 10.2. The molecule has 8 nitrogen and oxygen atoms in total. The number of imidazole rings is 1. The third-order valence-corrected chi connectivity index (χ3v) is 2.89. The van der Waals surface area contributed by atoms with Crippen molar-refractivity contribution in [3.8, 4) is 11.4 Å². The maximum Gasteiger partial charge on any atom is 0.320 e. The van der Waals surface area contributed by atoms with Crippen molar-refractivity contribution in [3.63, 3.8) is 0 Å². The second kappa shape index (κ2) is 5.23. The number of hydrogen-bond acceptors (Lipinski definition) is 4. The SMILES string of the molecule is CCNC(=O)Nc1cn2ccc(-c3n[nH]c(C)n3)cc2n1. The molecule has 21 heavy (non-hydrogen) atoms. The predicted octanol–water partition coefficient (Wildman–Crippen LogP) is 1.57. The molecule has 0 atom stereocenters. The quantitative estimate of drug-likeness (QED) is 0.680. The molecule has 0 saturated carbocycles. The predicted molar refractivity (Wildman–Crippen MR) is 78.0 cm³/mol. The number of aromatic nitrogens is 5. The third kappa shape index (κ3) is 2.69. The van der Waals surface area contributed by atoms with Gasteiger partial charge in [0, 0.05) is 18.3 Å². The van der Waals surface area contributed by atoms with E-state index < -0.39 is 0 Å². The van der Waals surface area contributed by atoms with Crippen molar-refractivity contribution in [1.29, 1.82) is 0 Å². The molecule has 0 spiro atoms. The number of amides is 2. The summed E-state index contributed by atoms with van der Waals surface area (Å²) in [5.74, 6) is 1.87. The Balaban J connectivity index is 1.90. The summed E-state index contributed by atoms with van der Waals surface area (Å²) >= 11 is 0. The number of hydrogen-bond donors (Lipinski definition) is 3. The zero-order chi connectivity index (χ0) is 14.8. The number of fused-ring (bicyclic) bond motifs is 1. The van der Waals surface area contributed by atoms with E-state index in [0.29, 0.717) is 23.8 Å². The van der Waals surface area contributed by atoms with Gasteiger partial charge in [-0.3, -0.25) is 10.4 Å². The van der Waals surface area contributed by atoms with E-state index in [1.165, 1.54) is 0 Å². The van der Waals surface area contributed by atoms with Gasteiger partial charge in [0.1, 0.15) is 11.5 Å². The van der Waals surface area contributed by atoms with E-state index in [1.54, 1.807) is 6.20 Å². The van der Waals surface area contributed by atoms with Gasteiger partial charge in [0.2, 0.25) is 0 Å². The molecule has 8 heteroatoms. The Hall–Kier alpha value is -2.90. The topological polar surface area (TPSA) is 100 Å². The zero-order valence-corrected chi connectivity index (χ0v) is 11.7. The number of pyridine rings is 1. The van der Waals surface area contributed by atoms with Gasteiger partial charge in [-0.1, -0.05) is 0 Å².